The van der Waals surface area contributed by atoms with E-state index in [0.29, 0.717) is 11.8 Å². The third-order valence-electron chi connectivity index (χ3n) is 8.68. The molecule has 2 aromatic carbocycles. The predicted molar refractivity (Wildman–Crippen MR) is 153 cm³/mol. The molecule has 2 aliphatic heterocycles. The molecule has 1 aliphatic carbocycles. The summed E-state index contributed by atoms with van der Waals surface area (Å²) in [5.74, 6) is 1.30. The number of fused-ring (bicyclic) bond motifs is 3. The number of pyridine rings is 1. The lowest BCUT2D eigenvalue weighted by molar-refractivity contribution is 0.192. The molecule has 0 N–H and O–H groups in total. The van der Waals surface area contributed by atoms with Crippen molar-refractivity contribution in [2.75, 3.05) is 49.4 Å². The van der Waals surface area contributed by atoms with E-state index in [9.17, 15) is 8.42 Å². The standard InChI is InChI=1S/C30H38N4O2S/c1-21(2)19-33-15-11-22(12-16-33)23-5-10-27-26(17-23)29-28(18-31-27)32(3)20-34(29)25-8-6-24(7-9-25)30(13-14-30)37(4,35)36/h5-10,17-18,21-22H,11-16,19-20H2,1-4H3. The minimum atomic E-state index is -3.12. The quantitative estimate of drug-likeness (QED) is 0.420. The number of piperidine rings is 1. The highest BCUT2D eigenvalue weighted by atomic mass is 32.2. The van der Waals surface area contributed by atoms with Gasteiger partial charge in [-0.3, -0.25) is 4.98 Å². The van der Waals surface area contributed by atoms with E-state index in [1.165, 1.54) is 55.4 Å². The van der Waals surface area contributed by atoms with Crippen LogP contribution in [-0.4, -0.2) is 57.9 Å². The number of aromatic nitrogens is 1. The van der Waals surface area contributed by atoms with Crippen molar-refractivity contribution in [2.24, 2.45) is 5.92 Å². The molecule has 3 aromatic rings. The Labute approximate surface area is 221 Å². The average molecular weight is 519 g/mol. The molecule has 6 rings (SSSR count). The fraction of sp³-hybridized carbons (Fsp3) is 0.500. The summed E-state index contributed by atoms with van der Waals surface area (Å²) in [6.45, 7) is 8.87. The minimum absolute atomic E-state index is 0.584. The Morgan fingerprint density at radius 2 is 1.76 bits per heavy atom. The van der Waals surface area contributed by atoms with Crippen LogP contribution < -0.4 is 9.80 Å². The van der Waals surface area contributed by atoms with E-state index >= 15 is 0 Å². The molecular formula is C30H38N4O2S. The summed E-state index contributed by atoms with van der Waals surface area (Å²) in [6.07, 6.45) is 7.19. The van der Waals surface area contributed by atoms with Gasteiger partial charge in [0.15, 0.2) is 9.84 Å². The van der Waals surface area contributed by atoms with Crippen LogP contribution in [0.1, 0.15) is 56.6 Å². The highest BCUT2D eigenvalue weighted by Crippen LogP contribution is 2.53. The topological polar surface area (TPSA) is 56.8 Å². The molecule has 37 heavy (non-hydrogen) atoms. The highest BCUT2D eigenvalue weighted by molar-refractivity contribution is 7.92. The fourth-order valence-corrected chi connectivity index (χ4v) is 7.88. The number of hydrogen-bond donors (Lipinski definition) is 0. The van der Waals surface area contributed by atoms with Crippen molar-refractivity contribution < 1.29 is 8.42 Å². The molecule has 3 heterocycles. The van der Waals surface area contributed by atoms with Crippen molar-refractivity contribution in [2.45, 2.75) is 50.2 Å². The van der Waals surface area contributed by atoms with Gasteiger partial charge in [-0.15, -0.1) is 0 Å². The van der Waals surface area contributed by atoms with E-state index in [4.69, 9.17) is 4.98 Å². The van der Waals surface area contributed by atoms with E-state index in [2.05, 4.69) is 65.9 Å². The molecule has 1 saturated carbocycles. The number of likely N-dealkylation sites (tertiary alicyclic amines) is 1. The van der Waals surface area contributed by atoms with Gasteiger partial charge in [-0.1, -0.05) is 32.0 Å². The van der Waals surface area contributed by atoms with Gasteiger partial charge >= 0.3 is 0 Å². The predicted octanol–water partition coefficient (Wildman–Crippen LogP) is 5.65. The van der Waals surface area contributed by atoms with Gasteiger partial charge in [0.2, 0.25) is 0 Å². The van der Waals surface area contributed by atoms with Crippen LogP contribution in [0.15, 0.2) is 48.7 Å². The molecular weight excluding hydrogens is 480 g/mol. The number of anilines is 3. The Morgan fingerprint density at radius 3 is 2.38 bits per heavy atom. The van der Waals surface area contributed by atoms with Gasteiger partial charge in [0.05, 0.1) is 34.5 Å². The van der Waals surface area contributed by atoms with Crippen LogP contribution in [0.25, 0.3) is 10.9 Å². The molecule has 2 fully saturated rings. The lowest BCUT2D eigenvalue weighted by atomic mass is 9.88. The largest absolute Gasteiger partial charge is 0.354 e. The van der Waals surface area contributed by atoms with Crippen molar-refractivity contribution in [3.63, 3.8) is 0 Å². The van der Waals surface area contributed by atoms with Crippen LogP contribution in [0.4, 0.5) is 17.1 Å². The average Bonchev–Trinajstić information content (AvgIpc) is 3.63. The summed E-state index contributed by atoms with van der Waals surface area (Å²) in [5, 5.41) is 1.20. The SMILES string of the molecule is CC(C)CN1CCC(c2ccc3ncc4c(c3c2)N(c2ccc(C3(S(C)(=O)=O)CC3)cc2)CN4C)CC1. The fourth-order valence-electron chi connectivity index (χ4n) is 6.47. The van der Waals surface area contributed by atoms with Gasteiger partial charge in [0, 0.05) is 30.9 Å². The molecule has 0 unspecified atom stereocenters. The third kappa shape index (κ3) is 4.30. The van der Waals surface area contributed by atoms with Crippen LogP contribution in [-0.2, 0) is 14.6 Å². The van der Waals surface area contributed by atoms with Crippen LogP contribution in [0.5, 0.6) is 0 Å². The molecule has 0 radical (unpaired) electrons. The lowest BCUT2D eigenvalue weighted by Crippen LogP contribution is -2.35. The van der Waals surface area contributed by atoms with Crippen LogP contribution in [0, 0.1) is 5.92 Å². The summed E-state index contributed by atoms with van der Waals surface area (Å²) in [4.78, 5) is 12.0. The van der Waals surface area contributed by atoms with E-state index in [1.807, 2.05) is 18.3 Å². The van der Waals surface area contributed by atoms with Crippen molar-refractivity contribution in [1.29, 1.82) is 0 Å². The number of hydrogen-bond acceptors (Lipinski definition) is 6. The lowest BCUT2D eigenvalue weighted by Gasteiger charge is -2.33. The second kappa shape index (κ2) is 8.98. The third-order valence-corrected chi connectivity index (χ3v) is 10.7. The molecule has 196 valence electrons. The normalized spacial score (nSPS) is 20.1. The summed E-state index contributed by atoms with van der Waals surface area (Å²) >= 11 is 0. The Hall–Kier alpha value is -2.64. The second-order valence-electron chi connectivity index (χ2n) is 11.8. The minimum Gasteiger partial charge on any atom is -0.354 e. The Bertz CT molecular complexity index is 1420. The molecule has 6 nitrogen and oxygen atoms in total. The number of nitrogens with zero attached hydrogens (tertiary/aromatic N) is 4. The first-order valence-electron chi connectivity index (χ1n) is 13.6. The van der Waals surface area contributed by atoms with Gasteiger partial charge in [-0.2, -0.15) is 0 Å². The molecule has 3 aliphatic rings. The molecule has 0 bridgehead atoms. The molecule has 1 aromatic heterocycles. The highest BCUT2D eigenvalue weighted by Gasteiger charge is 2.53. The van der Waals surface area contributed by atoms with Crippen LogP contribution in [0.2, 0.25) is 0 Å². The monoisotopic (exact) mass is 518 g/mol. The number of sulfone groups is 1. The van der Waals surface area contributed by atoms with E-state index in [0.717, 1.165) is 42.0 Å². The first-order valence-corrected chi connectivity index (χ1v) is 15.5. The summed E-state index contributed by atoms with van der Waals surface area (Å²) < 4.78 is 24.1. The molecule has 0 amide bonds. The first-order chi connectivity index (χ1) is 17.7. The van der Waals surface area contributed by atoms with Gasteiger partial charge < -0.3 is 14.7 Å². The second-order valence-corrected chi connectivity index (χ2v) is 14.1. The summed E-state index contributed by atoms with van der Waals surface area (Å²) in [7, 11) is -1.01. The van der Waals surface area contributed by atoms with Crippen molar-refractivity contribution in [3.8, 4) is 0 Å². The Morgan fingerprint density at radius 1 is 1.05 bits per heavy atom. The molecule has 0 spiro atoms. The van der Waals surface area contributed by atoms with E-state index in [-0.39, 0.29) is 0 Å². The molecule has 1 saturated heterocycles. The first kappa shape index (κ1) is 24.7. The zero-order valence-corrected chi connectivity index (χ0v) is 23.3. The zero-order valence-electron chi connectivity index (χ0n) is 22.4. The molecule has 7 heteroatoms. The van der Waals surface area contributed by atoms with Crippen LogP contribution >= 0.6 is 0 Å². The van der Waals surface area contributed by atoms with Crippen molar-refractivity contribution >= 4 is 37.8 Å². The van der Waals surface area contributed by atoms with Gasteiger partial charge in [0.1, 0.15) is 0 Å². The maximum absolute atomic E-state index is 12.4. The molecule has 0 atom stereocenters. The van der Waals surface area contributed by atoms with Gasteiger partial charge in [-0.05, 0) is 86.0 Å². The zero-order chi connectivity index (χ0) is 25.9. The maximum atomic E-state index is 12.4. The Balaban J connectivity index is 1.32. The maximum Gasteiger partial charge on any atom is 0.157 e. The summed E-state index contributed by atoms with van der Waals surface area (Å²) in [5.41, 5.74) is 6.76. The van der Waals surface area contributed by atoms with E-state index < -0.39 is 14.6 Å². The summed E-state index contributed by atoms with van der Waals surface area (Å²) in [6, 6.07) is 15.1. The van der Waals surface area contributed by atoms with Crippen molar-refractivity contribution in [3.05, 3.63) is 59.8 Å². The Kier molecular flexibility index (Phi) is 5.99. The number of rotatable bonds is 6. The van der Waals surface area contributed by atoms with Gasteiger partial charge in [-0.25, -0.2) is 8.42 Å². The van der Waals surface area contributed by atoms with Crippen LogP contribution in [0.3, 0.4) is 0 Å². The smallest absolute Gasteiger partial charge is 0.157 e. The van der Waals surface area contributed by atoms with Crippen molar-refractivity contribution in [1.82, 2.24) is 9.88 Å². The number of benzene rings is 2. The van der Waals surface area contributed by atoms with Gasteiger partial charge in [0.25, 0.3) is 0 Å². The van der Waals surface area contributed by atoms with E-state index in [1.54, 1.807) is 0 Å².